The molecule has 2 aromatic rings. The van der Waals surface area contributed by atoms with Crippen LogP contribution in [-0.4, -0.2) is 7.05 Å². The van der Waals surface area contributed by atoms with Crippen molar-refractivity contribution in [1.29, 1.82) is 0 Å². The predicted molar refractivity (Wildman–Crippen MR) is 77.7 cm³/mol. The Hall–Kier alpha value is -1.06. The average Bonchev–Trinajstić information content (AvgIpc) is 2.78. The molecule has 1 N–H and O–H groups in total. The molecule has 0 spiro atoms. The van der Waals surface area contributed by atoms with Crippen LogP contribution in [0.15, 0.2) is 45.7 Å². The van der Waals surface area contributed by atoms with Crippen LogP contribution in [0.3, 0.4) is 0 Å². The highest BCUT2D eigenvalue weighted by atomic mass is 79.9. The lowest BCUT2D eigenvalue weighted by Gasteiger charge is -2.16. The number of benzene rings is 1. The SMILES string of the molecule is CCCc1cccc(C(NC)c2ccoc2Br)c1. The van der Waals surface area contributed by atoms with Gasteiger partial charge in [0.1, 0.15) is 0 Å². The van der Waals surface area contributed by atoms with E-state index in [4.69, 9.17) is 4.42 Å². The van der Waals surface area contributed by atoms with Gasteiger partial charge in [0.25, 0.3) is 0 Å². The second-order valence-electron chi connectivity index (χ2n) is 4.37. The number of aryl methyl sites for hydroxylation is 1. The fraction of sp³-hybridized carbons (Fsp3) is 0.333. The van der Waals surface area contributed by atoms with Crippen LogP contribution < -0.4 is 5.32 Å². The molecule has 96 valence electrons. The van der Waals surface area contributed by atoms with Gasteiger partial charge in [-0.05, 0) is 46.6 Å². The summed E-state index contributed by atoms with van der Waals surface area (Å²) < 4.78 is 6.12. The van der Waals surface area contributed by atoms with Crippen molar-refractivity contribution in [3.05, 3.63) is 58.0 Å². The molecular formula is C15H18BrNO. The van der Waals surface area contributed by atoms with E-state index < -0.39 is 0 Å². The summed E-state index contributed by atoms with van der Waals surface area (Å²) in [7, 11) is 1.97. The highest BCUT2D eigenvalue weighted by molar-refractivity contribution is 9.10. The quantitative estimate of drug-likeness (QED) is 0.890. The molecular weight excluding hydrogens is 290 g/mol. The number of halogens is 1. The first-order valence-electron chi connectivity index (χ1n) is 6.25. The monoisotopic (exact) mass is 307 g/mol. The number of nitrogens with one attached hydrogen (secondary N) is 1. The third-order valence-electron chi connectivity index (χ3n) is 3.07. The van der Waals surface area contributed by atoms with Gasteiger partial charge in [0.2, 0.25) is 0 Å². The lowest BCUT2D eigenvalue weighted by atomic mass is 9.98. The van der Waals surface area contributed by atoms with Crippen molar-refractivity contribution in [2.45, 2.75) is 25.8 Å². The molecule has 2 nitrogen and oxygen atoms in total. The molecule has 1 atom stereocenters. The minimum Gasteiger partial charge on any atom is -0.457 e. The predicted octanol–water partition coefficient (Wildman–Crippen LogP) is 4.30. The Morgan fingerprint density at radius 3 is 2.78 bits per heavy atom. The van der Waals surface area contributed by atoms with Crippen molar-refractivity contribution in [2.75, 3.05) is 7.05 Å². The molecule has 1 aromatic heterocycles. The van der Waals surface area contributed by atoms with Crippen molar-refractivity contribution in [1.82, 2.24) is 5.32 Å². The van der Waals surface area contributed by atoms with E-state index in [0.717, 1.165) is 16.7 Å². The van der Waals surface area contributed by atoms with Crippen molar-refractivity contribution >= 4 is 15.9 Å². The van der Waals surface area contributed by atoms with E-state index in [0.29, 0.717) is 0 Å². The summed E-state index contributed by atoms with van der Waals surface area (Å²) in [4.78, 5) is 0. The first-order chi connectivity index (χ1) is 8.76. The molecule has 0 aliphatic carbocycles. The Morgan fingerprint density at radius 2 is 2.17 bits per heavy atom. The Morgan fingerprint density at radius 1 is 1.33 bits per heavy atom. The number of hydrogen-bond donors (Lipinski definition) is 1. The fourth-order valence-corrected chi connectivity index (χ4v) is 2.70. The molecule has 3 heteroatoms. The van der Waals surface area contributed by atoms with Crippen LogP contribution in [0, 0.1) is 0 Å². The van der Waals surface area contributed by atoms with E-state index in [9.17, 15) is 0 Å². The van der Waals surface area contributed by atoms with Gasteiger partial charge in [-0.1, -0.05) is 37.6 Å². The third kappa shape index (κ3) is 2.85. The standard InChI is InChI=1S/C15H18BrNO/c1-3-5-11-6-4-7-12(10-11)14(17-2)13-8-9-18-15(13)16/h4,6-10,14,17H,3,5H2,1-2H3. The van der Waals surface area contributed by atoms with Crippen LogP contribution in [0.5, 0.6) is 0 Å². The molecule has 0 aliphatic rings. The van der Waals surface area contributed by atoms with E-state index in [1.807, 2.05) is 13.1 Å². The molecule has 2 rings (SSSR count). The summed E-state index contributed by atoms with van der Waals surface area (Å²) in [6.07, 6.45) is 4.00. The summed E-state index contributed by atoms with van der Waals surface area (Å²) in [6, 6.07) is 10.9. The molecule has 18 heavy (non-hydrogen) atoms. The second kappa shape index (κ2) is 6.21. The number of hydrogen-bond acceptors (Lipinski definition) is 2. The number of furan rings is 1. The second-order valence-corrected chi connectivity index (χ2v) is 5.09. The molecule has 0 aliphatic heterocycles. The van der Waals surface area contributed by atoms with Crippen LogP contribution in [0.1, 0.15) is 36.1 Å². The highest BCUT2D eigenvalue weighted by Gasteiger charge is 2.17. The largest absolute Gasteiger partial charge is 0.457 e. The summed E-state index contributed by atoms with van der Waals surface area (Å²) in [6.45, 7) is 2.20. The maximum absolute atomic E-state index is 5.32. The third-order valence-corrected chi connectivity index (χ3v) is 3.71. The van der Waals surface area contributed by atoms with Crippen LogP contribution >= 0.6 is 15.9 Å². The van der Waals surface area contributed by atoms with Crippen LogP contribution in [-0.2, 0) is 6.42 Å². The van der Waals surface area contributed by atoms with Crippen LogP contribution in [0.2, 0.25) is 0 Å². The highest BCUT2D eigenvalue weighted by Crippen LogP contribution is 2.29. The Bertz CT molecular complexity index is 507. The van der Waals surface area contributed by atoms with E-state index in [1.54, 1.807) is 6.26 Å². The van der Waals surface area contributed by atoms with E-state index in [-0.39, 0.29) is 6.04 Å². The Balaban J connectivity index is 2.33. The van der Waals surface area contributed by atoms with Gasteiger partial charge in [-0.2, -0.15) is 0 Å². The molecule has 0 bridgehead atoms. The topological polar surface area (TPSA) is 25.2 Å². The van der Waals surface area contributed by atoms with Gasteiger partial charge in [0.15, 0.2) is 4.67 Å². The molecule has 0 radical (unpaired) electrons. The van der Waals surface area contributed by atoms with Crippen molar-refractivity contribution in [3.63, 3.8) is 0 Å². The molecule has 1 aromatic carbocycles. The zero-order chi connectivity index (χ0) is 13.0. The minimum atomic E-state index is 0.162. The minimum absolute atomic E-state index is 0.162. The summed E-state index contributed by atoms with van der Waals surface area (Å²) in [5.41, 5.74) is 3.78. The van der Waals surface area contributed by atoms with Gasteiger partial charge < -0.3 is 9.73 Å². The van der Waals surface area contributed by atoms with E-state index in [2.05, 4.69) is 52.4 Å². The molecule has 0 fully saturated rings. The van der Waals surface area contributed by atoms with E-state index >= 15 is 0 Å². The summed E-state index contributed by atoms with van der Waals surface area (Å²) >= 11 is 3.45. The molecule has 1 heterocycles. The van der Waals surface area contributed by atoms with Gasteiger partial charge in [-0.3, -0.25) is 0 Å². The van der Waals surface area contributed by atoms with Crippen molar-refractivity contribution in [2.24, 2.45) is 0 Å². The first kappa shape index (κ1) is 13.4. The maximum atomic E-state index is 5.32. The molecule has 1 unspecified atom stereocenters. The van der Waals surface area contributed by atoms with Gasteiger partial charge >= 0.3 is 0 Å². The van der Waals surface area contributed by atoms with Gasteiger partial charge in [-0.25, -0.2) is 0 Å². The first-order valence-corrected chi connectivity index (χ1v) is 7.04. The maximum Gasteiger partial charge on any atom is 0.174 e. The summed E-state index contributed by atoms with van der Waals surface area (Å²) in [5, 5.41) is 3.34. The zero-order valence-electron chi connectivity index (χ0n) is 10.7. The molecule has 0 amide bonds. The Labute approximate surface area is 117 Å². The van der Waals surface area contributed by atoms with Crippen LogP contribution in [0.4, 0.5) is 0 Å². The van der Waals surface area contributed by atoms with E-state index in [1.165, 1.54) is 17.5 Å². The van der Waals surface area contributed by atoms with Crippen LogP contribution in [0.25, 0.3) is 0 Å². The van der Waals surface area contributed by atoms with Gasteiger partial charge in [0, 0.05) is 5.56 Å². The normalized spacial score (nSPS) is 12.6. The lowest BCUT2D eigenvalue weighted by Crippen LogP contribution is -2.17. The van der Waals surface area contributed by atoms with Gasteiger partial charge in [0.05, 0.1) is 12.3 Å². The Kier molecular flexibility index (Phi) is 4.61. The zero-order valence-corrected chi connectivity index (χ0v) is 12.3. The average molecular weight is 308 g/mol. The smallest absolute Gasteiger partial charge is 0.174 e. The fourth-order valence-electron chi connectivity index (χ4n) is 2.23. The van der Waals surface area contributed by atoms with Crippen molar-refractivity contribution in [3.8, 4) is 0 Å². The molecule has 0 saturated carbocycles. The van der Waals surface area contributed by atoms with Crippen molar-refractivity contribution < 1.29 is 4.42 Å². The lowest BCUT2D eigenvalue weighted by molar-refractivity contribution is 0.530. The molecule has 0 saturated heterocycles. The van der Waals surface area contributed by atoms with Gasteiger partial charge in [-0.15, -0.1) is 0 Å². The number of rotatable bonds is 5. The summed E-state index contributed by atoms with van der Waals surface area (Å²) in [5.74, 6) is 0.